The highest BCUT2D eigenvalue weighted by Gasteiger charge is 2.30. The summed E-state index contributed by atoms with van der Waals surface area (Å²) in [5, 5.41) is 26.5. The second-order valence-corrected chi connectivity index (χ2v) is 2.17. The molecule has 2 radical (unpaired) electrons. The summed E-state index contributed by atoms with van der Waals surface area (Å²) in [5.74, 6) is 0. The van der Waals surface area contributed by atoms with Crippen LogP contribution in [-0.4, -0.2) is 46.8 Å². The highest BCUT2D eigenvalue weighted by atomic mass is 16.5. The van der Waals surface area contributed by atoms with Crippen molar-refractivity contribution in [2.45, 2.75) is 18.3 Å². The summed E-state index contributed by atoms with van der Waals surface area (Å²) < 4.78 is 4.84. The number of hydrogen-bond donors (Lipinski definition) is 3. The summed E-state index contributed by atoms with van der Waals surface area (Å²) in [7, 11) is 0. The third-order valence-electron chi connectivity index (χ3n) is 1.47. The first-order valence-corrected chi connectivity index (χ1v) is 3.07. The first-order chi connectivity index (χ1) is 4.75. The molecule has 1 saturated heterocycles. The molecule has 0 bridgehead atoms. The molecular weight excluding hydrogens is 136 g/mol. The lowest BCUT2D eigenvalue weighted by molar-refractivity contribution is -0.124. The molecule has 3 N–H and O–H groups in total. The van der Waals surface area contributed by atoms with E-state index < -0.39 is 18.3 Å². The van der Waals surface area contributed by atoms with Gasteiger partial charge in [-0.2, -0.15) is 0 Å². The standard InChI is InChI=1S/C6H10O4/c7-3-5-6(9)4(8)1-2-10-5/h4-9H,2-3H2. The molecular formula is C6H10O4. The second-order valence-electron chi connectivity index (χ2n) is 2.17. The largest absolute Gasteiger partial charge is 0.394 e. The van der Waals surface area contributed by atoms with E-state index in [0.717, 1.165) is 0 Å². The second kappa shape index (κ2) is 3.30. The van der Waals surface area contributed by atoms with E-state index in [-0.39, 0.29) is 13.2 Å². The van der Waals surface area contributed by atoms with Crippen molar-refractivity contribution in [1.82, 2.24) is 0 Å². The van der Waals surface area contributed by atoms with E-state index in [1.54, 1.807) is 0 Å². The molecule has 1 aliphatic heterocycles. The molecule has 0 spiro atoms. The zero-order valence-electron chi connectivity index (χ0n) is 5.40. The predicted molar refractivity (Wildman–Crippen MR) is 32.1 cm³/mol. The molecule has 3 atom stereocenters. The molecule has 3 unspecified atom stereocenters. The molecule has 1 heterocycles. The molecule has 1 rings (SSSR count). The molecule has 4 nitrogen and oxygen atoms in total. The number of aliphatic hydroxyl groups excluding tert-OH is 3. The monoisotopic (exact) mass is 146 g/mol. The summed E-state index contributed by atoms with van der Waals surface area (Å²) in [4.78, 5) is 0. The highest BCUT2D eigenvalue weighted by molar-refractivity contribution is 4.90. The van der Waals surface area contributed by atoms with Gasteiger partial charge in [0.2, 0.25) is 0 Å². The van der Waals surface area contributed by atoms with Crippen molar-refractivity contribution in [2.24, 2.45) is 0 Å². The molecule has 58 valence electrons. The van der Waals surface area contributed by atoms with Crippen LogP contribution in [0.2, 0.25) is 0 Å². The van der Waals surface area contributed by atoms with Crippen molar-refractivity contribution in [2.75, 3.05) is 13.2 Å². The molecule has 0 aliphatic carbocycles. The van der Waals surface area contributed by atoms with E-state index in [1.165, 1.54) is 0 Å². The van der Waals surface area contributed by atoms with Gasteiger partial charge in [0, 0.05) is 6.42 Å². The van der Waals surface area contributed by atoms with Crippen molar-refractivity contribution in [3.8, 4) is 0 Å². The first kappa shape index (κ1) is 7.94. The number of rotatable bonds is 1. The van der Waals surface area contributed by atoms with Crippen LogP contribution in [0.1, 0.15) is 0 Å². The van der Waals surface area contributed by atoms with Crippen LogP contribution in [0.15, 0.2) is 0 Å². The summed E-state index contributed by atoms with van der Waals surface area (Å²) in [6.07, 6.45) is -0.239. The molecule has 0 amide bonds. The molecule has 0 aromatic carbocycles. The maximum atomic E-state index is 9.04. The summed E-state index contributed by atoms with van der Waals surface area (Å²) >= 11 is 0. The fraction of sp³-hybridized carbons (Fsp3) is 0.833. The topological polar surface area (TPSA) is 69.9 Å². The Morgan fingerprint density at radius 1 is 1.50 bits per heavy atom. The van der Waals surface area contributed by atoms with Gasteiger partial charge in [0.05, 0.1) is 19.3 Å². The molecule has 4 heteroatoms. The van der Waals surface area contributed by atoms with Gasteiger partial charge in [0.15, 0.2) is 0 Å². The van der Waals surface area contributed by atoms with Gasteiger partial charge in [-0.15, -0.1) is 0 Å². The van der Waals surface area contributed by atoms with E-state index >= 15 is 0 Å². The van der Waals surface area contributed by atoms with Crippen LogP contribution in [0.5, 0.6) is 0 Å². The SMILES string of the molecule is OCC1OC[C]C(O)C1O. The first-order valence-electron chi connectivity index (χ1n) is 3.07. The van der Waals surface area contributed by atoms with Crippen LogP contribution < -0.4 is 0 Å². The van der Waals surface area contributed by atoms with Crippen LogP contribution in [-0.2, 0) is 4.74 Å². The van der Waals surface area contributed by atoms with Crippen molar-refractivity contribution in [1.29, 1.82) is 0 Å². The van der Waals surface area contributed by atoms with Gasteiger partial charge < -0.3 is 20.1 Å². The maximum Gasteiger partial charge on any atom is 0.109 e. The van der Waals surface area contributed by atoms with Crippen LogP contribution >= 0.6 is 0 Å². The Morgan fingerprint density at radius 2 is 2.20 bits per heavy atom. The van der Waals surface area contributed by atoms with E-state index in [0.29, 0.717) is 0 Å². The lowest BCUT2D eigenvalue weighted by Crippen LogP contribution is -2.46. The quantitative estimate of drug-likeness (QED) is 0.407. The van der Waals surface area contributed by atoms with Crippen LogP contribution in [0, 0.1) is 6.42 Å². The van der Waals surface area contributed by atoms with E-state index in [9.17, 15) is 0 Å². The van der Waals surface area contributed by atoms with Gasteiger partial charge >= 0.3 is 0 Å². The van der Waals surface area contributed by atoms with E-state index in [1.807, 2.05) is 0 Å². The minimum Gasteiger partial charge on any atom is -0.394 e. The Labute approximate surface area is 59.1 Å². The maximum absolute atomic E-state index is 9.04. The minimum atomic E-state index is -1.04. The lowest BCUT2D eigenvalue weighted by atomic mass is 10.0. The Morgan fingerprint density at radius 3 is 2.70 bits per heavy atom. The lowest BCUT2D eigenvalue weighted by Gasteiger charge is -2.29. The van der Waals surface area contributed by atoms with Crippen molar-refractivity contribution in [3.63, 3.8) is 0 Å². The van der Waals surface area contributed by atoms with Crippen molar-refractivity contribution < 1.29 is 20.1 Å². The van der Waals surface area contributed by atoms with Gasteiger partial charge in [-0.05, 0) is 0 Å². The zero-order chi connectivity index (χ0) is 7.56. The molecule has 1 fully saturated rings. The summed E-state index contributed by atoms with van der Waals surface area (Å²) in [5.41, 5.74) is 0. The average molecular weight is 146 g/mol. The van der Waals surface area contributed by atoms with Crippen molar-refractivity contribution >= 4 is 0 Å². The van der Waals surface area contributed by atoms with Crippen molar-refractivity contribution in [3.05, 3.63) is 6.42 Å². The Balaban J connectivity index is 2.42. The smallest absolute Gasteiger partial charge is 0.109 e. The normalized spacial score (nSPS) is 41.7. The molecule has 1 aliphatic rings. The molecule has 0 aromatic heterocycles. The average Bonchev–Trinajstić information content (AvgIpc) is 1.95. The Hall–Kier alpha value is -0.160. The molecule has 10 heavy (non-hydrogen) atoms. The Bertz CT molecular complexity index is 106. The van der Waals surface area contributed by atoms with Gasteiger partial charge in [0.1, 0.15) is 12.2 Å². The predicted octanol–water partition coefficient (Wildman–Crippen LogP) is -1.82. The van der Waals surface area contributed by atoms with Crippen LogP contribution in [0.3, 0.4) is 0 Å². The van der Waals surface area contributed by atoms with Gasteiger partial charge in [-0.1, -0.05) is 0 Å². The fourth-order valence-electron chi connectivity index (χ4n) is 0.824. The van der Waals surface area contributed by atoms with Gasteiger partial charge in [-0.25, -0.2) is 0 Å². The minimum absolute atomic E-state index is 0.156. The molecule has 0 saturated carbocycles. The number of hydrogen-bond acceptors (Lipinski definition) is 4. The third kappa shape index (κ3) is 1.46. The van der Waals surface area contributed by atoms with Gasteiger partial charge in [-0.3, -0.25) is 0 Å². The Kier molecular flexibility index (Phi) is 2.62. The van der Waals surface area contributed by atoms with Gasteiger partial charge in [0.25, 0.3) is 0 Å². The third-order valence-corrected chi connectivity index (χ3v) is 1.47. The summed E-state index contributed by atoms with van der Waals surface area (Å²) in [6, 6.07) is 0. The number of aliphatic hydroxyl groups is 3. The van der Waals surface area contributed by atoms with E-state index in [4.69, 9.17) is 20.1 Å². The van der Waals surface area contributed by atoms with Crippen LogP contribution in [0.4, 0.5) is 0 Å². The van der Waals surface area contributed by atoms with Crippen LogP contribution in [0.25, 0.3) is 0 Å². The zero-order valence-corrected chi connectivity index (χ0v) is 5.40. The highest BCUT2D eigenvalue weighted by Crippen LogP contribution is 2.12. The fourth-order valence-corrected chi connectivity index (χ4v) is 0.824. The van der Waals surface area contributed by atoms with E-state index in [2.05, 4.69) is 6.42 Å². The molecule has 0 aromatic rings. The summed E-state index contributed by atoms with van der Waals surface area (Å²) in [6.45, 7) is -0.122. The number of ether oxygens (including phenoxy) is 1.